The van der Waals surface area contributed by atoms with E-state index in [2.05, 4.69) is 43.1 Å². The Bertz CT molecular complexity index is 512. The molecular weight excluding hydrogens is 210 g/mol. The molecule has 0 radical (unpaired) electrons. The molecule has 17 heavy (non-hydrogen) atoms. The van der Waals surface area contributed by atoms with Crippen molar-refractivity contribution in [2.75, 3.05) is 5.73 Å². The van der Waals surface area contributed by atoms with Gasteiger partial charge in [-0.25, -0.2) is 0 Å². The van der Waals surface area contributed by atoms with E-state index < -0.39 is 0 Å². The number of nitrogens with two attached hydrogens (primary N) is 1. The normalized spacial score (nSPS) is 11.1. The first-order valence-electron chi connectivity index (χ1n) is 5.98. The van der Waals surface area contributed by atoms with Crippen LogP contribution in [0.5, 0.6) is 0 Å². The highest BCUT2D eigenvalue weighted by Crippen LogP contribution is 2.29. The molecule has 0 atom stereocenters. The van der Waals surface area contributed by atoms with Crippen LogP contribution in [0.3, 0.4) is 0 Å². The van der Waals surface area contributed by atoms with Gasteiger partial charge in [0.25, 0.3) is 0 Å². The molecule has 0 aliphatic carbocycles. The van der Waals surface area contributed by atoms with Crippen LogP contribution in [0.15, 0.2) is 24.3 Å². The Morgan fingerprint density at radius 1 is 1.29 bits per heavy atom. The molecule has 1 aromatic carbocycles. The first kappa shape index (κ1) is 11.7. The molecule has 0 bridgehead atoms. The van der Waals surface area contributed by atoms with E-state index in [1.54, 1.807) is 0 Å². The van der Waals surface area contributed by atoms with Crippen LogP contribution in [0.2, 0.25) is 0 Å². The monoisotopic (exact) mass is 229 g/mol. The smallest absolute Gasteiger partial charge is 0.149 e. The zero-order valence-corrected chi connectivity index (χ0v) is 10.6. The van der Waals surface area contributed by atoms with Crippen LogP contribution in [-0.4, -0.2) is 10.2 Å². The predicted molar refractivity (Wildman–Crippen MR) is 71.7 cm³/mol. The summed E-state index contributed by atoms with van der Waals surface area (Å²) < 4.78 is 0. The molecule has 3 heteroatoms. The maximum absolute atomic E-state index is 5.93. The summed E-state index contributed by atoms with van der Waals surface area (Å²) >= 11 is 0. The number of nitrogen functional groups attached to an aromatic ring is 1. The topological polar surface area (TPSA) is 54.7 Å². The van der Waals surface area contributed by atoms with Crippen molar-refractivity contribution in [1.29, 1.82) is 0 Å². The predicted octanol–water partition coefficient (Wildman–Crippen LogP) is 3.17. The zero-order chi connectivity index (χ0) is 12.4. The Labute approximate surface area is 102 Å². The lowest BCUT2D eigenvalue weighted by atomic mass is 9.97. The molecular formula is C14H19N3. The molecule has 3 N–H and O–H groups in total. The van der Waals surface area contributed by atoms with Crippen molar-refractivity contribution in [3.05, 3.63) is 35.4 Å². The van der Waals surface area contributed by atoms with Crippen LogP contribution in [0.25, 0.3) is 11.3 Å². The van der Waals surface area contributed by atoms with Gasteiger partial charge in [-0.1, -0.05) is 38.1 Å². The Morgan fingerprint density at radius 3 is 2.65 bits per heavy atom. The molecule has 0 aliphatic rings. The molecule has 0 spiro atoms. The summed E-state index contributed by atoms with van der Waals surface area (Å²) in [6.07, 6.45) is 0.950. The fourth-order valence-corrected chi connectivity index (χ4v) is 2.07. The van der Waals surface area contributed by atoms with Crippen molar-refractivity contribution in [1.82, 2.24) is 10.2 Å². The van der Waals surface area contributed by atoms with Gasteiger partial charge in [-0.3, -0.25) is 5.10 Å². The maximum atomic E-state index is 5.93. The van der Waals surface area contributed by atoms with Crippen LogP contribution in [0, 0.1) is 12.8 Å². The highest BCUT2D eigenvalue weighted by molar-refractivity contribution is 5.70. The van der Waals surface area contributed by atoms with Gasteiger partial charge in [0.2, 0.25) is 0 Å². The number of aromatic amines is 1. The quantitative estimate of drug-likeness (QED) is 0.849. The summed E-state index contributed by atoms with van der Waals surface area (Å²) in [5.74, 6) is 1.19. The highest BCUT2D eigenvalue weighted by Gasteiger charge is 2.14. The van der Waals surface area contributed by atoms with E-state index in [4.69, 9.17) is 5.73 Å². The molecule has 1 aromatic heterocycles. The second-order valence-corrected chi connectivity index (χ2v) is 4.88. The molecule has 3 nitrogen and oxygen atoms in total. The number of H-pyrrole nitrogens is 1. The third-order valence-corrected chi connectivity index (χ3v) is 2.93. The number of aromatic nitrogens is 2. The van der Waals surface area contributed by atoms with E-state index >= 15 is 0 Å². The lowest BCUT2D eigenvalue weighted by Crippen LogP contribution is -1.99. The molecule has 1 heterocycles. The van der Waals surface area contributed by atoms with Gasteiger partial charge in [0.15, 0.2) is 0 Å². The lowest BCUT2D eigenvalue weighted by molar-refractivity contribution is 0.649. The molecule has 0 amide bonds. The van der Waals surface area contributed by atoms with E-state index in [0.717, 1.165) is 17.7 Å². The second-order valence-electron chi connectivity index (χ2n) is 4.88. The van der Waals surface area contributed by atoms with Crippen LogP contribution < -0.4 is 5.73 Å². The van der Waals surface area contributed by atoms with Crippen molar-refractivity contribution in [2.45, 2.75) is 27.2 Å². The largest absolute Gasteiger partial charge is 0.382 e. The van der Waals surface area contributed by atoms with E-state index in [1.165, 1.54) is 11.1 Å². The van der Waals surface area contributed by atoms with Gasteiger partial charge in [0.05, 0.1) is 5.69 Å². The summed E-state index contributed by atoms with van der Waals surface area (Å²) in [4.78, 5) is 0. The third-order valence-electron chi connectivity index (χ3n) is 2.93. The minimum atomic E-state index is 0.567. The molecule has 2 aromatic rings. The van der Waals surface area contributed by atoms with Gasteiger partial charge in [-0.05, 0) is 24.8 Å². The number of anilines is 1. The van der Waals surface area contributed by atoms with Crippen molar-refractivity contribution < 1.29 is 0 Å². The molecule has 0 unspecified atom stereocenters. The van der Waals surface area contributed by atoms with Crippen molar-refractivity contribution >= 4 is 5.82 Å². The van der Waals surface area contributed by atoms with Crippen LogP contribution in [0.1, 0.15) is 25.0 Å². The van der Waals surface area contributed by atoms with Crippen LogP contribution in [0.4, 0.5) is 5.82 Å². The van der Waals surface area contributed by atoms with Gasteiger partial charge in [-0.15, -0.1) is 0 Å². The van der Waals surface area contributed by atoms with E-state index in [1.807, 2.05) is 12.1 Å². The number of hydrogen-bond donors (Lipinski definition) is 2. The number of hydrogen-bond acceptors (Lipinski definition) is 2. The van der Waals surface area contributed by atoms with Gasteiger partial charge < -0.3 is 5.73 Å². The number of rotatable bonds is 3. The van der Waals surface area contributed by atoms with Gasteiger partial charge >= 0.3 is 0 Å². The zero-order valence-electron chi connectivity index (χ0n) is 10.6. The Kier molecular flexibility index (Phi) is 3.18. The van der Waals surface area contributed by atoms with E-state index in [-0.39, 0.29) is 0 Å². The van der Waals surface area contributed by atoms with Crippen LogP contribution >= 0.6 is 0 Å². The maximum Gasteiger partial charge on any atom is 0.149 e. The highest BCUT2D eigenvalue weighted by atomic mass is 15.2. The Morgan fingerprint density at radius 2 is 2.00 bits per heavy atom. The minimum Gasteiger partial charge on any atom is -0.382 e. The van der Waals surface area contributed by atoms with Crippen LogP contribution in [-0.2, 0) is 6.42 Å². The Hall–Kier alpha value is -1.77. The average Bonchev–Trinajstić information content (AvgIpc) is 2.61. The van der Waals surface area contributed by atoms with E-state index in [0.29, 0.717) is 11.7 Å². The number of nitrogens with one attached hydrogen (secondary N) is 1. The first-order valence-corrected chi connectivity index (χ1v) is 5.98. The summed E-state index contributed by atoms with van der Waals surface area (Å²) in [6, 6.07) is 8.29. The molecule has 90 valence electrons. The average molecular weight is 229 g/mol. The second kappa shape index (κ2) is 4.62. The summed E-state index contributed by atoms with van der Waals surface area (Å²) in [7, 11) is 0. The van der Waals surface area contributed by atoms with Gasteiger partial charge in [0, 0.05) is 11.1 Å². The van der Waals surface area contributed by atoms with Crippen molar-refractivity contribution in [3.8, 4) is 11.3 Å². The molecule has 0 saturated carbocycles. The fraction of sp³-hybridized carbons (Fsp3) is 0.357. The number of nitrogens with zero attached hydrogens (tertiary/aromatic N) is 1. The van der Waals surface area contributed by atoms with Crippen molar-refractivity contribution in [3.63, 3.8) is 0 Å². The number of benzene rings is 1. The lowest BCUT2D eigenvalue weighted by Gasteiger charge is -2.08. The SMILES string of the molecule is Cc1ccccc1-c1[nH]nc(N)c1CC(C)C. The summed E-state index contributed by atoms with van der Waals surface area (Å²) in [5.41, 5.74) is 10.6. The van der Waals surface area contributed by atoms with Gasteiger partial charge in [0.1, 0.15) is 5.82 Å². The summed E-state index contributed by atoms with van der Waals surface area (Å²) in [5, 5.41) is 7.20. The number of aryl methyl sites for hydroxylation is 1. The molecule has 0 fully saturated rings. The third kappa shape index (κ3) is 2.33. The first-order chi connectivity index (χ1) is 8.09. The molecule has 2 rings (SSSR count). The van der Waals surface area contributed by atoms with Gasteiger partial charge in [-0.2, -0.15) is 5.10 Å². The van der Waals surface area contributed by atoms with E-state index in [9.17, 15) is 0 Å². The fourth-order valence-electron chi connectivity index (χ4n) is 2.07. The molecule has 0 saturated heterocycles. The Balaban J connectivity index is 2.49. The molecule has 0 aliphatic heterocycles. The summed E-state index contributed by atoms with van der Waals surface area (Å²) in [6.45, 7) is 6.48. The minimum absolute atomic E-state index is 0.567. The van der Waals surface area contributed by atoms with Crippen molar-refractivity contribution in [2.24, 2.45) is 5.92 Å². The standard InChI is InChI=1S/C14H19N3/c1-9(2)8-12-13(16-17-14(12)15)11-7-5-4-6-10(11)3/h4-7,9H,8H2,1-3H3,(H3,15,16,17).